The average molecular weight is 314 g/mol. The second kappa shape index (κ2) is 10.6. The summed E-state index contributed by atoms with van der Waals surface area (Å²) in [4.78, 5) is 23.4. The van der Waals surface area contributed by atoms with Gasteiger partial charge in [-0.3, -0.25) is 0 Å². The van der Waals surface area contributed by atoms with Crippen molar-refractivity contribution >= 4 is 11.9 Å². The molecule has 22 heavy (non-hydrogen) atoms. The molecule has 3 atom stereocenters. The van der Waals surface area contributed by atoms with E-state index >= 15 is 0 Å². The second-order valence-corrected chi connectivity index (χ2v) is 6.00. The summed E-state index contributed by atoms with van der Waals surface area (Å²) < 4.78 is 15.0. The quantitative estimate of drug-likeness (QED) is 0.457. The SMILES string of the molecule is CCCCCCCCC[C@H]1C[C@@H](C(=O)OC)O[C@@H]1C(=O)OC. The number of esters is 2. The van der Waals surface area contributed by atoms with E-state index in [-0.39, 0.29) is 11.9 Å². The first kappa shape index (κ1) is 18.9. The summed E-state index contributed by atoms with van der Waals surface area (Å²) in [7, 11) is 2.68. The Labute approximate surface area is 133 Å². The molecule has 0 spiro atoms. The molecule has 0 aliphatic carbocycles. The zero-order valence-electron chi connectivity index (χ0n) is 14.1. The van der Waals surface area contributed by atoms with E-state index in [1.165, 1.54) is 46.3 Å². The van der Waals surface area contributed by atoms with E-state index < -0.39 is 18.2 Å². The maximum Gasteiger partial charge on any atom is 0.335 e. The van der Waals surface area contributed by atoms with E-state index in [0.29, 0.717) is 6.42 Å². The van der Waals surface area contributed by atoms with Crippen LogP contribution in [0.25, 0.3) is 0 Å². The van der Waals surface area contributed by atoms with E-state index in [1.807, 2.05) is 0 Å². The lowest BCUT2D eigenvalue weighted by Gasteiger charge is -2.15. The van der Waals surface area contributed by atoms with Crippen LogP contribution in [-0.2, 0) is 23.8 Å². The van der Waals surface area contributed by atoms with Gasteiger partial charge in [0.15, 0.2) is 12.2 Å². The van der Waals surface area contributed by atoms with Crippen molar-refractivity contribution in [1.29, 1.82) is 0 Å². The summed E-state index contributed by atoms with van der Waals surface area (Å²) in [6.45, 7) is 2.21. The first-order valence-electron chi connectivity index (χ1n) is 8.45. The summed E-state index contributed by atoms with van der Waals surface area (Å²) in [5.41, 5.74) is 0. The van der Waals surface area contributed by atoms with Crippen molar-refractivity contribution in [2.24, 2.45) is 5.92 Å². The lowest BCUT2D eigenvalue weighted by molar-refractivity contribution is -0.162. The van der Waals surface area contributed by atoms with Crippen molar-refractivity contribution in [3.63, 3.8) is 0 Å². The average Bonchev–Trinajstić information content (AvgIpc) is 2.96. The first-order chi connectivity index (χ1) is 10.6. The van der Waals surface area contributed by atoms with Gasteiger partial charge in [0.2, 0.25) is 0 Å². The minimum atomic E-state index is -0.636. The molecule has 0 N–H and O–H groups in total. The van der Waals surface area contributed by atoms with Gasteiger partial charge in [-0.2, -0.15) is 0 Å². The zero-order valence-corrected chi connectivity index (χ0v) is 14.1. The molecule has 1 saturated heterocycles. The number of unbranched alkanes of at least 4 members (excludes halogenated alkanes) is 6. The van der Waals surface area contributed by atoms with E-state index in [9.17, 15) is 9.59 Å². The van der Waals surface area contributed by atoms with Crippen LogP contribution in [0.2, 0.25) is 0 Å². The lowest BCUT2D eigenvalue weighted by atomic mass is 9.92. The Kier molecular flexibility index (Phi) is 9.13. The van der Waals surface area contributed by atoms with Gasteiger partial charge < -0.3 is 14.2 Å². The first-order valence-corrected chi connectivity index (χ1v) is 8.45. The highest BCUT2D eigenvalue weighted by Gasteiger charge is 2.43. The highest BCUT2D eigenvalue weighted by Crippen LogP contribution is 2.32. The van der Waals surface area contributed by atoms with Crippen molar-refractivity contribution in [3.05, 3.63) is 0 Å². The molecule has 0 aromatic heterocycles. The predicted octanol–water partition coefficient (Wildman–Crippen LogP) is 3.25. The molecule has 128 valence electrons. The van der Waals surface area contributed by atoms with Crippen LogP contribution in [-0.4, -0.2) is 38.4 Å². The molecular weight excluding hydrogens is 284 g/mol. The van der Waals surface area contributed by atoms with Crippen molar-refractivity contribution in [3.8, 4) is 0 Å². The van der Waals surface area contributed by atoms with Crippen LogP contribution in [0, 0.1) is 5.92 Å². The lowest BCUT2D eigenvalue weighted by Crippen LogP contribution is -2.29. The fraction of sp³-hybridized carbons (Fsp3) is 0.882. The molecular formula is C17H30O5. The van der Waals surface area contributed by atoms with Gasteiger partial charge in [0.1, 0.15) is 0 Å². The van der Waals surface area contributed by atoms with Gasteiger partial charge >= 0.3 is 11.9 Å². The van der Waals surface area contributed by atoms with Crippen LogP contribution < -0.4 is 0 Å². The number of carbonyl (C=O) groups excluding carboxylic acids is 2. The number of carbonyl (C=O) groups is 2. The number of hydrogen-bond donors (Lipinski definition) is 0. The van der Waals surface area contributed by atoms with Crippen molar-refractivity contribution < 1.29 is 23.8 Å². The van der Waals surface area contributed by atoms with E-state index in [1.54, 1.807) is 0 Å². The molecule has 0 aromatic rings. The third-order valence-corrected chi connectivity index (χ3v) is 4.33. The van der Waals surface area contributed by atoms with Crippen LogP contribution in [0.1, 0.15) is 64.7 Å². The molecule has 0 aromatic carbocycles. The molecule has 0 bridgehead atoms. The largest absolute Gasteiger partial charge is 0.467 e. The van der Waals surface area contributed by atoms with Gasteiger partial charge in [0.05, 0.1) is 14.2 Å². The van der Waals surface area contributed by atoms with Crippen LogP contribution in [0.3, 0.4) is 0 Å². The van der Waals surface area contributed by atoms with Crippen LogP contribution in [0.5, 0.6) is 0 Å². The van der Waals surface area contributed by atoms with Crippen molar-refractivity contribution in [2.45, 2.75) is 76.9 Å². The fourth-order valence-corrected chi connectivity index (χ4v) is 3.02. The van der Waals surface area contributed by atoms with Gasteiger partial charge in [-0.1, -0.05) is 51.9 Å². The van der Waals surface area contributed by atoms with Gasteiger partial charge in [0.25, 0.3) is 0 Å². The smallest absolute Gasteiger partial charge is 0.335 e. The molecule has 1 heterocycles. The molecule has 0 amide bonds. The summed E-state index contributed by atoms with van der Waals surface area (Å²) >= 11 is 0. The molecule has 0 radical (unpaired) electrons. The van der Waals surface area contributed by atoms with E-state index in [2.05, 4.69) is 6.92 Å². The Balaban J connectivity index is 2.34. The Morgan fingerprint density at radius 3 is 2.14 bits per heavy atom. The van der Waals surface area contributed by atoms with Crippen LogP contribution in [0.4, 0.5) is 0 Å². The monoisotopic (exact) mass is 314 g/mol. The second-order valence-electron chi connectivity index (χ2n) is 6.00. The summed E-state index contributed by atoms with van der Waals surface area (Å²) in [5.74, 6) is -0.748. The number of rotatable bonds is 10. The van der Waals surface area contributed by atoms with Crippen molar-refractivity contribution in [2.75, 3.05) is 14.2 Å². The molecule has 1 fully saturated rings. The standard InChI is InChI=1S/C17H30O5/c1-4-5-6-7-8-9-10-11-13-12-14(16(18)20-2)22-15(13)17(19)21-3/h13-15H,4-12H2,1-3H3/t13-,14-,15-/m0/s1. The van der Waals surface area contributed by atoms with Gasteiger partial charge in [-0.05, 0) is 18.8 Å². The summed E-state index contributed by atoms with van der Waals surface area (Å²) in [6, 6.07) is 0. The number of methoxy groups -OCH3 is 2. The highest BCUT2D eigenvalue weighted by atomic mass is 16.6. The summed E-state index contributed by atoms with van der Waals surface area (Å²) in [6.07, 6.45) is 8.77. The third kappa shape index (κ3) is 5.95. The topological polar surface area (TPSA) is 61.8 Å². The Hall–Kier alpha value is -1.10. The van der Waals surface area contributed by atoms with Gasteiger partial charge in [-0.25, -0.2) is 9.59 Å². The fourth-order valence-electron chi connectivity index (χ4n) is 3.02. The zero-order chi connectivity index (χ0) is 16.4. The molecule has 1 aliphatic rings. The summed E-state index contributed by atoms with van der Waals surface area (Å²) in [5, 5.41) is 0. The number of ether oxygens (including phenoxy) is 3. The Bertz CT molecular complexity index is 342. The maximum absolute atomic E-state index is 11.8. The van der Waals surface area contributed by atoms with Gasteiger partial charge in [0, 0.05) is 0 Å². The predicted molar refractivity (Wildman–Crippen MR) is 83.4 cm³/mol. The number of hydrogen-bond acceptors (Lipinski definition) is 5. The molecule has 5 nitrogen and oxygen atoms in total. The molecule has 5 heteroatoms. The third-order valence-electron chi connectivity index (χ3n) is 4.33. The molecule has 0 saturated carbocycles. The van der Waals surface area contributed by atoms with E-state index in [0.717, 1.165) is 19.3 Å². The van der Waals surface area contributed by atoms with Crippen LogP contribution in [0.15, 0.2) is 0 Å². The minimum Gasteiger partial charge on any atom is -0.467 e. The molecule has 1 rings (SSSR count). The Morgan fingerprint density at radius 2 is 1.55 bits per heavy atom. The van der Waals surface area contributed by atoms with E-state index in [4.69, 9.17) is 14.2 Å². The van der Waals surface area contributed by atoms with Gasteiger partial charge in [-0.15, -0.1) is 0 Å². The maximum atomic E-state index is 11.8. The van der Waals surface area contributed by atoms with Crippen LogP contribution >= 0.6 is 0 Å². The molecule has 1 aliphatic heterocycles. The highest BCUT2D eigenvalue weighted by molar-refractivity contribution is 5.79. The van der Waals surface area contributed by atoms with Crippen molar-refractivity contribution in [1.82, 2.24) is 0 Å². The molecule has 0 unspecified atom stereocenters. The Morgan fingerprint density at radius 1 is 0.955 bits per heavy atom. The minimum absolute atomic E-state index is 0.0483. The normalized spacial score (nSPS) is 24.2.